The van der Waals surface area contributed by atoms with Gasteiger partial charge in [0, 0.05) is 13.6 Å². The molecule has 0 aliphatic carbocycles. The number of aliphatic hydroxyl groups is 1. The zero-order valence-corrected chi connectivity index (χ0v) is 10.2. The Morgan fingerprint density at radius 3 is 2.83 bits per heavy atom. The molecule has 0 aliphatic rings. The summed E-state index contributed by atoms with van der Waals surface area (Å²) in [5.74, 6) is -0.476. The maximum atomic E-state index is 13.3. The summed E-state index contributed by atoms with van der Waals surface area (Å²) in [6.07, 6.45) is 0. The molecular formula is C12H17FN2O3. The van der Waals surface area contributed by atoms with Crippen molar-refractivity contribution in [1.29, 1.82) is 0 Å². The maximum Gasteiger partial charge on any atom is 0.321 e. The quantitative estimate of drug-likeness (QED) is 0.754. The van der Waals surface area contributed by atoms with Crippen molar-refractivity contribution in [2.24, 2.45) is 0 Å². The standard InChI is InChI=1S/C12H17FN2O3/c1-15(6-8-18-9-7-16)12(17)14-11-5-3-2-4-10(11)13/h2-5,16H,6-9H2,1H3,(H,14,17). The van der Waals surface area contributed by atoms with Gasteiger partial charge in [-0.25, -0.2) is 9.18 Å². The first kappa shape index (κ1) is 14.4. The van der Waals surface area contributed by atoms with Crippen LogP contribution in [0.3, 0.4) is 0 Å². The molecule has 100 valence electrons. The molecule has 0 atom stereocenters. The number of nitrogens with one attached hydrogen (secondary N) is 1. The normalized spacial score (nSPS) is 10.2. The number of hydrogen-bond acceptors (Lipinski definition) is 3. The number of hydrogen-bond donors (Lipinski definition) is 2. The van der Waals surface area contributed by atoms with Gasteiger partial charge < -0.3 is 20.1 Å². The molecule has 2 N–H and O–H groups in total. The van der Waals surface area contributed by atoms with Crippen molar-refractivity contribution in [3.8, 4) is 0 Å². The lowest BCUT2D eigenvalue weighted by molar-refractivity contribution is 0.0833. The number of benzene rings is 1. The van der Waals surface area contributed by atoms with E-state index < -0.39 is 11.8 Å². The van der Waals surface area contributed by atoms with E-state index in [4.69, 9.17) is 9.84 Å². The van der Waals surface area contributed by atoms with Gasteiger partial charge in [-0.15, -0.1) is 0 Å². The maximum absolute atomic E-state index is 13.3. The first-order valence-corrected chi connectivity index (χ1v) is 5.60. The average molecular weight is 256 g/mol. The summed E-state index contributed by atoms with van der Waals surface area (Å²) in [4.78, 5) is 13.1. The number of urea groups is 1. The Morgan fingerprint density at radius 1 is 1.44 bits per heavy atom. The third kappa shape index (κ3) is 4.68. The van der Waals surface area contributed by atoms with Crippen LogP contribution in [0.15, 0.2) is 24.3 Å². The molecule has 0 aliphatic heterocycles. The van der Waals surface area contributed by atoms with E-state index >= 15 is 0 Å². The molecule has 0 saturated carbocycles. The van der Waals surface area contributed by atoms with Crippen LogP contribution in [0, 0.1) is 5.82 Å². The fourth-order valence-corrected chi connectivity index (χ4v) is 1.24. The highest BCUT2D eigenvalue weighted by Gasteiger charge is 2.10. The molecular weight excluding hydrogens is 239 g/mol. The molecule has 0 fully saturated rings. The zero-order chi connectivity index (χ0) is 13.4. The molecule has 0 aromatic heterocycles. The third-order valence-electron chi connectivity index (χ3n) is 2.27. The van der Waals surface area contributed by atoms with Crippen LogP contribution in [-0.4, -0.2) is 49.5 Å². The van der Waals surface area contributed by atoms with E-state index in [0.717, 1.165) is 0 Å². The largest absolute Gasteiger partial charge is 0.394 e. The number of halogens is 1. The Bertz CT molecular complexity index is 387. The minimum atomic E-state index is -0.476. The SMILES string of the molecule is CN(CCOCCO)C(=O)Nc1ccccc1F. The van der Waals surface area contributed by atoms with Crippen LogP contribution in [0.2, 0.25) is 0 Å². The van der Waals surface area contributed by atoms with Gasteiger partial charge in [0.05, 0.1) is 25.5 Å². The molecule has 0 unspecified atom stereocenters. The first-order valence-electron chi connectivity index (χ1n) is 5.60. The number of amides is 2. The monoisotopic (exact) mass is 256 g/mol. The lowest BCUT2D eigenvalue weighted by Crippen LogP contribution is -2.34. The molecule has 0 spiro atoms. The highest BCUT2D eigenvalue weighted by Crippen LogP contribution is 2.12. The van der Waals surface area contributed by atoms with Crippen LogP contribution in [0.25, 0.3) is 0 Å². The van der Waals surface area contributed by atoms with Crippen molar-refractivity contribution in [1.82, 2.24) is 4.90 Å². The Balaban J connectivity index is 2.38. The Morgan fingerprint density at radius 2 is 2.17 bits per heavy atom. The van der Waals surface area contributed by atoms with Crippen molar-refractivity contribution in [3.05, 3.63) is 30.1 Å². The van der Waals surface area contributed by atoms with Crippen LogP contribution in [0.4, 0.5) is 14.9 Å². The number of rotatable bonds is 6. The van der Waals surface area contributed by atoms with Crippen LogP contribution in [-0.2, 0) is 4.74 Å². The number of nitrogens with zero attached hydrogens (tertiary/aromatic N) is 1. The zero-order valence-electron chi connectivity index (χ0n) is 10.2. The number of carbonyl (C=O) groups is 1. The summed E-state index contributed by atoms with van der Waals surface area (Å²) >= 11 is 0. The van der Waals surface area contributed by atoms with Crippen LogP contribution < -0.4 is 5.32 Å². The molecule has 0 heterocycles. The van der Waals surface area contributed by atoms with E-state index in [9.17, 15) is 9.18 Å². The molecule has 18 heavy (non-hydrogen) atoms. The van der Waals surface area contributed by atoms with Crippen LogP contribution in [0.5, 0.6) is 0 Å². The highest BCUT2D eigenvalue weighted by atomic mass is 19.1. The second-order valence-electron chi connectivity index (χ2n) is 3.67. The van der Waals surface area contributed by atoms with Crippen molar-refractivity contribution in [3.63, 3.8) is 0 Å². The molecule has 1 aromatic carbocycles. The molecule has 0 bridgehead atoms. The highest BCUT2D eigenvalue weighted by molar-refractivity contribution is 5.89. The molecule has 5 nitrogen and oxygen atoms in total. The van der Waals surface area contributed by atoms with Gasteiger partial charge in [0.2, 0.25) is 0 Å². The molecule has 1 rings (SSSR count). The number of para-hydroxylation sites is 1. The Kier molecular flexibility index (Phi) is 6.10. The predicted octanol–water partition coefficient (Wildman–Crippen LogP) is 1.30. The molecule has 0 saturated heterocycles. The van der Waals surface area contributed by atoms with Gasteiger partial charge in [-0.3, -0.25) is 0 Å². The smallest absolute Gasteiger partial charge is 0.321 e. The minimum Gasteiger partial charge on any atom is -0.394 e. The first-order chi connectivity index (χ1) is 8.65. The van der Waals surface area contributed by atoms with E-state index in [-0.39, 0.29) is 18.9 Å². The summed E-state index contributed by atoms with van der Waals surface area (Å²) < 4.78 is 18.3. The van der Waals surface area contributed by atoms with E-state index in [0.29, 0.717) is 13.2 Å². The van der Waals surface area contributed by atoms with Gasteiger partial charge in [0.1, 0.15) is 5.82 Å². The van der Waals surface area contributed by atoms with Crippen molar-refractivity contribution in [2.45, 2.75) is 0 Å². The van der Waals surface area contributed by atoms with Crippen LogP contribution in [0.1, 0.15) is 0 Å². The second-order valence-corrected chi connectivity index (χ2v) is 3.67. The van der Waals surface area contributed by atoms with E-state index in [1.807, 2.05) is 0 Å². The summed E-state index contributed by atoms with van der Waals surface area (Å²) in [6.45, 7) is 0.871. The van der Waals surface area contributed by atoms with Gasteiger partial charge in [-0.1, -0.05) is 12.1 Å². The van der Waals surface area contributed by atoms with Gasteiger partial charge in [-0.2, -0.15) is 0 Å². The lowest BCUT2D eigenvalue weighted by Gasteiger charge is -2.18. The predicted molar refractivity (Wildman–Crippen MR) is 66.0 cm³/mol. The van der Waals surface area contributed by atoms with E-state index in [1.165, 1.54) is 17.0 Å². The van der Waals surface area contributed by atoms with Gasteiger partial charge in [0.25, 0.3) is 0 Å². The number of anilines is 1. The average Bonchev–Trinajstić information content (AvgIpc) is 2.37. The van der Waals surface area contributed by atoms with Gasteiger partial charge in [-0.05, 0) is 12.1 Å². The van der Waals surface area contributed by atoms with E-state index in [1.54, 1.807) is 19.2 Å². The number of ether oxygens (including phenoxy) is 1. The minimum absolute atomic E-state index is 0.0505. The lowest BCUT2D eigenvalue weighted by atomic mass is 10.3. The fraction of sp³-hybridized carbons (Fsp3) is 0.417. The van der Waals surface area contributed by atoms with Crippen molar-refractivity contribution in [2.75, 3.05) is 38.7 Å². The molecule has 1 aromatic rings. The summed E-state index contributed by atoms with van der Waals surface area (Å²) in [7, 11) is 1.58. The van der Waals surface area contributed by atoms with Gasteiger partial charge >= 0.3 is 6.03 Å². The number of likely N-dealkylation sites (N-methyl/N-ethyl adjacent to an activating group) is 1. The summed E-state index contributed by atoms with van der Waals surface area (Å²) in [5.41, 5.74) is 0.144. The Labute approximate surface area is 105 Å². The summed E-state index contributed by atoms with van der Waals surface area (Å²) in [5, 5.41) is 11.0. The summed E-state index contributed by atoms with van der Waals surface area (Å²) in [6, 6.07) is 5.55. The molecule has 2 amide bonds. The molecule has 6 heteroatoms. The Hall–Kier alpha value is -1.66. The van der Waals surface area contributed by atoms with Crippen molar-refractivity contribution >= 4 is 11.7 Å². The number of aliphatic hydroxyl groups excluding tert-OH is 1. The van der Waals surface area contributed by atoms with Gasteiger partial charge in [0.15, 0.2) is 0 Å². The number of carbonyl (C=O) groups excluding carboxylic acids is 1. The topological polar surface area (TPSA) is 61.8 Å². The fourth-order valence-electron chi connectivity index (χ4n) is 1.24. The van der Waals surface area contributed by atoms with Crippen LogP contribution >= 0.6 is 0 Å². The molecule has 0 radical (unpaired) electrons. The van der Waals surface area contributed by atoms with E-state index in [2.05, 4.69) is 5.32 Å². The second kappa shape index (κ2) is 7.62. The van der Waals surface area contributed by atoms with Crippen molar-refractivity contribution < 1.29 is 19.0 Å². The third-order valence-corrected chi connectivity index (χ3v) is 2.27.